The van der Waals surface area contributed by atoms with Crippen LogP contribution < -0.4 is 9.47 Å². The molecule has 0 spiro atoms. The Labute approximate surface area is 138 Å². The second-order valence-corrected chi connectivity index (χ2v) is 5.62. The van der Waals surface area contributed by atoms with Gasteiger partial charge in [-0.15, -0.1) is 0 Å². The first-order valence-corrected chi connectivity index (χ1v) is 7.75. The number of aryl methyl sites for hydroxylation is 1. The van der Waals surface area contributed by atoms with Gasteiger partial charge in [-0.25, -0.2) is 0 Å². The molecule has 0 unspecified atom stereocenters. The molecule has 0 atom stereocenters. The Morgan fingerprint density at radius 1 is 1.23 bits per heavy atom. The molecule has 2 rings (SSSR count). The lowest BCUT2D eigenvalue weighted by Gasteiger charge is -2.13. The third kappa shape index (κ3) is 4.49. The van der Waals surface area contributed by atoms with Gasteiger partial charge in [-0.2, -0.15) is 0 Å². The molecule has 0 aromatic heterocycles. The number of halogens is 1. The van der Waals surface area contributed by atoms with E-state index in [1.807, 2.05) is 30.3 Å². The van der Waals surface area contributed by atoms with Gasteiger partial charge in [0, 0.05) is 10.0 Å². The number of methoxy groups -OCH3 is 1. The zero-order valence-electron chi connectivity index (χ0n) is 12.3. The molecule has 1 N–H and O–H groups in total. The third-order valence-corrected chi connectivity index (χ3v) is 3.62. The summed E-state index contributed by atoms with van der Waals surface area (Å²) in [7, 11) is 1.58. The van der Waals surface area contributed by atoms with E-state index < -0.39 is 0 Å². The van der Waals surface area contributed by atoms with Gasteiger partial charge in [0.1, 0.15) is 0 Å². The molecule has 116 valence electrons. The van der Waals surface area contributed by atoms with E-state index in [1.165, 1.54) is 11.8 Å². The van der Waals surface area contributed by atoms with Crippen LogP contribution in [0.3, 0.4) is 0 Å². The Bertz CT molecular complexity index is 629. The van der Waals surface area contributed by atoms with Gasteiger partial charge in [0.15, 0.2) is 11.5 Å². The molecule has 0 fully saturated rings. The second kappa shape index (κ2) is 8.44. The van der Waals surface area contributed by atoms with Crippen LogP contribution in [0.4, 0.5) is 0 Å². The van der Waals surface area contributed by atoms with Gasteiger partial charge in [0.05, 0.1) is 19.9 Å². The smallest absolute Gasteiger partial charge is 0.170 e. The number of hydrogen-bond donors (Lipinski definition) is 1. The zero-order valence-corrected chi connectivity index (χ0v) is 13.9. The first-order valence-electron chi connectivity index (χ1n) is 6.96. The van der Waals surface area contributed by atoms with Crippen molar-refractivity contribution in [1.82, 2.24) is 0 Å². The number of hydrogen-bond acceptors (Lipinski definition) is 4. The Kier molecular flexibility index (Phi) is 6.27. The van der Waals surface area contributed by atoms with Crippen LogP contribution in [0.25, 0.3) is 0 Å². The van der Waals surface area contributed by atoms with Crippen molar-refractivity contribution in [1.29, 1.82) is 0 Å². The van der Waals surface area contributed by atoms with Gasteiger partial charge in [-0.05, 0) is 30.5 Å². The van der Waals surface area contributed by atoms with Crippen LogP contribution in [0.1, 0.15) is 17.5 Å². The molecule has 2 aromatic carbocycles. The van der Waals surface area contributed by atoms with Crippen molar-refractivity contribution in [3.63, 3.8) is 0 Å². The highest BCUT2D eigenvalue weighted by molar-refractivity contribution is 9.10. The molecule has 5 heteroatoms. The fraction of sp³-hybridized carbons (Fsp3) is 0.235. The zero-order chi connectivity index (χ0) is 15.8. The SMILES string of the molecule is COc1cc(Br)cc(C=NO)c1OCCCc1ccccc1. The van der Waals surface area contributed by atoms with Crippen molar-refractivity contribution in [2.45, 2.75) is 12.8 Å². The predicted octanol–water partition coefficient (Wildman–Crippen LogP) is 4.28. The molecular weight excluding hydrogens is 346 g/mol. The number of oxime groups is 1. The van der Waals surface area contributed by atoms with Crippen molar-refractivity contribution in [3.8, 4) is 11.5 Å². The number of benzene rings is 2. The van der Waals surface area contributed by atoms with E-state index in [2.05, 4.69) is 33.2 Å². The third-order valence-electron chi connectivity index (χ3n) is 3.16. The second-order valence-electron chi connectivity index (χ2n) is 4.71. The van der Waals surface area contributed by atoms with Gasteiger partial charge < -0.3 is 14.7 Å². The van der Waals surface area contributed by atoms with Crippen molar-refractivity contribution in [2.24, 2.45) is 5.16 Å². The van der Waals surface area contributed by atoms with E-state index in [9.17, 15) is 0 Å². The maximum Gasteiger partial charge on any atom is 0.170 e. The Balaban J connectivity index is 2.02. The molecule has 22 heavy (non-hydrogen) atoms. The fourth-order valence-corrected chi connectivity index (χ4v) is 2.60. The highest BCUT2D eigenvalue weighted by Crippen LogP contribution is 2.34. The van der Waals surface area contributed by atoms with Crippen LogP contribution >= 0.6 is 15.9 Å². The molecule has 0 aliphatic carbocycles. The number of rotatable bonds is 7. The molecule has 0 heterocycles. The van der Waals surface area contributed by atoms with Crippen LogP contribution in [-0.4, -0.2) is 25.1 Å². The number of nitrogens with zero attached hydrogens (tertiary/aromatic N) is 1. The van der Waals surface area contributed by atoms with E-state index in [4.69, 9.17) is 14.7 Å². The molecule has 0 amide bonds. The van der Waals surface area contributed by atoms with Crippen LogP contribution in [0.5, 0.6) is 11.5 Å². The minimum absolute atomic E-state index is 0.555. The van der Waals surface area contributed by atoms with Crippen LogP contribution in [0.2, 0.25) is 0 Å². The van der Waals surface area contributed by atoms with Crippen molar-refractivity contribution in [3.05, 3.63) is 58.1 Å². The summed E-state index contributed by atoms with van der Waals surface area (Å²) in [6.45, 7) is 0.555. The van der Waals surface area contributed by atoms with Gasteiger partial charge in [0.25, 0.3) is 0 Å². The molecule has 0 aliphatic heterocycles. The molecule has 0 bridgehead atoms. The summed E-state index contributed by atoms with van der Waals surface area (Å²) in [5.41, 5.74) is 1.94. The molecule has 0 saturated carbocycles. The minimum atomic E-state index is 0.555. The Morgan fingerprint density at radius 2 is 2.00 bits per heavy atom. The summed E-state index contributed by atoms with van der Waals surface area (Å²) < 4.78 is 12.0. The fourth-order valence-electron chi connectivity index (χ4n) is 2.15. The Hall–Kier alpha value is -2.01. The van der Waals surface area contributed by atoms with E-state index in [0.717, 1.165) is 17.3 Å². The van der Waals surface area contributed by atoms with Gasteiger partial charge >= 0.3 is 0 Å². The summed E-state index contributed by atoms with van der Waals surface area (Å²) in [4.78, 5) is 0. The summed E-state index contributed by atoms with van der Waals surface area (Å²) in [6, 6.07) is 13.9. The topological polar surface area (TPSA) is 51.0 Å². The van der Waals surface area contributed by atoms with E-state index in [-0.39, 0.29) is 0 Å². The average molecular weight is 364 g/mol. The van der Waals surface area contributed by atoms with Crippen LogP contribution in [0.15, 0.2) is 52.1 Å². The largest absolute Gasteiger partial charge is 0.493 e. The van der Waals surface area contributed by atoms with Crippen molar-refractivity contribution >= 4 is 22.1 Å². The monoisotopic (exact) mass is 363 g/mol. The molecule has 0 saturated heterocycles. The van der Waals surface area contributed by atoms with E-state index >= 15 is 0 Å². The maximum absolute atomic E-state index is 8.78. The van der Waals surface area contributed by atoms with Crippen LogP contribution in [-0.2, 0) is 6.42 Å². The summed E-state index contributed by atoms with van der Waals surface area (Å²) in [6.07, 6.45) is 3.17. The highest BCUT2D eigenvalue weighted by Gasteiger charge is 2.11. The highest BCUT2D eigenvalue weighted by atomic mass is 79.9. The van der Waals surface area contributed by atoms with Crippen LogP contribution in [0, 0.1) is 0 Å². The number of ether oxygens (including phenoxy) is 2. The average Bonchev–Trinajstić information content (AvgIpc) is 2.54. The molecule has 0 aliphatic rings. The lowest BCUT2D eigenvalue weighted by atomic mass is 10.1. The maximum atomic E-state index is 8.78. The van der Waals surface area contributed by atoms with Crippen molar-refractivity contribution < 1.29 is 14.7 Å². The summed E-state index contributed by atoms with van der Waals surface area (Å²) >= 11 is 3.39. The standard InChI is InChI=1S/C17H18BrNO3/c1-21-16-11-15(18)10-14(12-19-20)17(16)22-9-5-8-13-6-3-2-4-7-13/h2-4,6-7,10-12,20H,5,8-9H2,1H3. The van der Waals surface area contributed by atoms with Gasteiger partial charge in [-0.1, -0.05) is 51.4 Å². The predicted molar refractivity (Wildman–Crippen MR) is 90.3 cm³/mol. The molecule has 4 nitrogen and oxygen atoms in total. The lowest BCUT2D eigenvalue weighted by molar-refractivity contribution is 0.288. The Morgan fingerprint density at radius 3 is 2.68 bits per heavy atom. The van der Waals surface area contributed by atoms with E-state index in [0.29, 0.717) is 23.7 Å². The van der Waals surface area contributed by atoms with Crippen molar-refractivity contribution in [2.75, 3.05) is 13.7 Å². The normalized spacial score (nSPS) is 10.8. The summed E-state index contributed by atoms with van der Waals surface area (Å²) in [5, 5.41) is 11.9. The van der Waals surface area contributed by atoms with E-state index in [1.54, 1.807) is 7.11 Å². The van der Waals surface area contributed by atoms with Gasteiger partial charge in [0.2, 0.25) is 0 Å². The molecule has 0 radical (unpaired) electrons. The molecule has 2 aromatic rings. The minimum Gasteiger partial charge on any atom is -0.493 e. The lowest BCUT2D eigenvalue weighted by Crippen LogP contribution is -2.04. The quantitative estimate of drug-likeness (QED) is 0.345. The summed E-state index contributed by atoms with van der Waals surface area (Å²) in [5.74, 6) is 1.18. The molecular formula is C17H18BrNO3. The first-order chi connectivity index (χ1) is 10.7. The van der Waals surface area contributed by atoms with Gasteiger partial charge in [-0.3, -0.25) is 0 Å². The first kappa shape index (κ1) is 16.4.